The number of hydrogen-bond acceptors (Lipinski definition) is 4. The molecule has 3 aliphatic rings. The van der Waals surface area contributed by atoms with Crippen LogP contribution in [0.25, 0.3) is 0 Å². The molecule has 7 nitrogen and oxygen atoms in total. The van der Waals surface area contributed by atoms with Crippen molar-refractivity contribution in [2.45, 2.75) is 74.5 Å². The maximum absolute atomic E-state index is 12.4. The molecule has 4 N–H and O–H groups in total. The van der Waals surface area contributed by atoms with Gasteiger partial charge in [0.2, 0.25) is 10.0 Å². The molecule has 2 atom stereocenters. The number of primary sulfonamides is 1. The number of nitrogens with zero attached hydrogens (tertiary/aromatic N) is 1. The third kappa shape index (κ3) is 4.99. The van der Waals surface area contributed by atoms with Crippen LogP contribution in [0.4, 0.5) is 4.79 Å². The van der Waals surface area contributed by atoms with Crippen LogP contribution in [0.1, 0.15) is 73.7 Å². The molecular weight excluding hydrogens is 448 g/mol. The molecule has 2 heterocycles. The van der Waals surface area contributed by atoms with Gasteiger partial charge in [-0.05, 0) is 86.2 Å². The van der Waals surface area contributed by atoms with Crippen LogP contribution in [0, 0.1) is 5.92 Å². The lowest BCUT2D eigenvalue weighted by Crippen LogP contribution is -2.43. The summed E-state index contributed by atoms with van der Waals surface area (Å²) in [5.74, 6) is 0.727. The van der Waals surface area contributed by atoms with Gasteiger partial charge in [-0.2, -0.15) is 0 Å². The summed E-state index contributed by atoms with van der Waals surface area (Å²) < 4.78 is 23.0. The molecule has 0 radical (unpaired) electrons. The molecule has 5 rings (SSSR count). The van der Waals surface area contributed by atoms with Crippen LogP contribution in [-0.4, -0.2) is 31.9 Å². The van der Waals surface area contributed by atoms with Crippen molar-refractivity contribution in [1.29, 1.82) is 0 Å². The number of amides is 2. The van der Waals surface area contributed by atoms with Gasteiger partial charge in [0.1, 0.15) is 0 Å². The van der Waals surface area contributed by atoms with Crippen LogP contribution in [0.3, 0.4) is 0 Å². The quantitative estimate of drug-likeness (QED) is 0.555. The summed E-state index contributed by atoms with van der Waals surface area (Å²) in [5.41, 5.74) is 3.80. The Balaban J connectivity index is 1.03. The average Bonchev–Trinajstić information content (AvgIpc) is 3.38. The monoisotopic (exact) mass is 482 g/mol. The summed E-state index contributed by atoms with van der Waals surface area (Å²) in [4.78, 5) is 15.1. The first-order chi connectivity index (χ1) is 16.4. The van der Waals surface area contributed by atoms with Gasteiger partial charge in [0.05, 0.1) is 4.90 Å². The van der Waals surface area contributed by atoms with Crippen LogP contribution in [0.5, 0.6) is 0 Å². The van der Waals surface area contributed by atoms with Crippen molar-refractivity contribution in [2.24, 2.45) is 11.1 Å². The minimum absolute atomic E-state index is 0.0522. The van der Waals surface area contributed by atoms with Crippen LogP contribution in [-0.2, 0) is 16.6 Å². The van der Waals surface area contributed by atoms with Crippen LogP contribution < -0.4 is 15.8 Å². The summed E-state index contributed by atoms with van der Waals surface area (Å²) in [6.45, 7) is 1.43. The number of nitrogens with two attached hydrogens (primary N) is 1. The largest absolute Gasteiger partial charge is 0.335 e. The molecule has 2 aromatic carbocycles. The number of sulfonamides is 1. The van der Waals surface area contributed by atoms with Gasteiger partial charge in [0.25, 0.3) is 0 Å². The van der Waals surface area contributed by atoms with Gasteiger partial charge in [-0.1, -0.05) is 36.4 Å². The second-order valence-electron chi connectivity index (χ2n) is 10.0. The van der Waals surface area contributed by atoms with E-state index in [4.69, 9.17) is 5.14 Å². The molecule has 8 heteroatoms. The smallest absolute Gasteiger partial charge is 0.315 e. The summed E-state index contributed by atoms with van der Waals surface area (Å²) in [7, 11) is -3.75. The number of fused-ring (bicyclic) bond motifs is 5. The predicted octanol–water partition coefficient (Wildman–Crippen LogP) is 3.97. The summed E-state index contributed by atoms with van der Waals surface area (Å²) >= 11 is 0. The number of carbonyl (C=O) groups excluding carboxylic acids is 1. The van der Waals surface area contributed by atoms with Crippen LogP contribution in [0.2, 0.25) is 0 Å². The Hall–Kier alpha value is -2.42. The minimum Gasteiger partial charge on any atom is -0.335 e. The van der Waals surface area contributed by atoms with Crippen molar-refractivity contribution < 1.29 is 13.2 Å². The number of hydrogen-bond donors (Lipinski definition) is 3. The Morgan fingerprint density at radius 3 is 2.26 bits per heavy atom. The molecule has 182 valence electrons. The van der Waals surface area contributed by atoms with E-state index in [0.29, 0.717) is 17.6 Å². The van der Waals surface area contributed by atoms with Gasteiger partial charge in [0.15, 0.2) is 0 Å². The number of urea groups is 1. The van der Waals surface area contributed by atoms with Crippen LogP contribution in [0.15, 0.2) is 53.4 Å². The fraction of sp³-hybridized carbons (Fsp3) is 0.500. The SMILES string of the molecule is NS(=O)(=O)c1cccc(CNC(=O)NC2CCC(CCN3C4CCC3c3ccccc34)CC2)c1. The van der Waals surface area contributed by atoms with E-state index in [1.165, 1.54) is 37.9 Å². The molecule has 1 saturated carbocycles. The van der Waals surface area contributed by atoms with Gasteiger partial charge >= 0.3 is 6.03 Å². The van der Waals surface area contributed by atoms with Crippen molar-refractivity contribution in [3.63, 3.8) is 0 Å². The Labute approximate surface area is 202 Å². The summed E-state index contributed by atoms with van der Waals surface area (Å²) in [6, 6.07) is 16.5. The number of benzene rings is 2. The fourth-order valence-electron chi connectivity index (χ4n) is 6.14. The number of carbonyl (C=O) groups is 1. The molecule has 2 aromatic rings. The first-order valence-electron chi connectivity index (χ1n) is 12.4. The van der Waals surface area contributed by atoms with Crippen molar-refractivity contribution in [1.82, 2.24) is 15.5 Å². The topological polar surface area (TPSA) is 105 Å². The third-order valence-corrected chi connectivity index (χ3v) is 8.80. The Morgan fingerprint density at radius 1 is 0.941 bits per heavy atom. The molecule has 2 aliphatic heterocycles. The lowest BCUT2D eigenvalue weighted by Gasteiger charge is -2.31. The van der Waals surface area contributed by atoms with Crippen molar-refractivity contribution >= 4 is 16.1 Å². The summed E-state index contributed by atoms with van der Waals surface area (Å²) in [5, 5.41) is 11.1. The highest BCUT2D eigenvalue weighted by Crippen LogP contribution is 2.53. The van der Waals surface area contributed by atoms with E-state index in [1.54, 1.807) is 23.3 Å². The molecule has 1 saturated heterocycles. The first kappa shape index (κ1) is 23.3. The van der Waals surface area contributed by atoms with Gasteiger partial charge in [-0.3, -0.25) is 4.90 Å². The molecule has 1 aliphatic carbocycles. The van der Waals surface area contributed by atoms with Crippen LogP contribution >= 0.6 is 0 Å². The van der Waals surface area contributed by atoms with Gasteiger partial charge < -0.3 is 10.6 Å². The summed E-state index contributed by atoms with van der Waals surface area (Å²) in [6.07, 6.45) is 8.13. The fourth-order valence-corrected chi connectivity index (χ4v) is 6.72. The van der Waals surface area contributed by atoms with Crippen molar-refractivity contribution in [3.8, 4) is 0 Å². The van der Waals surface area contributed by atoms with E-state index in [0.717, 1.165) is 31.6 Å². The van der Waals surface area contributed by atoms with Gasteiger partial charge in [-0.15, -0.1) is 0 Å². The highest BCUT2D eigenvalue weighted by Gasteiger charge is 2.43. The molecule has 2 bridgehead atoms. The van der Waals surface area contributed by atoms with Crippen molar-refractivity contribution in [3.05, 3.63) is 65.2 Å². The molecule has 2 amide bonds. The highest BCUT2D eigenvalue weighted by atomic mass is 32.2. The van der Waals surface area contributed by atoms with E-state index < -0.39 is 10.0 Å². The standard InChI is InChI=1S/C26H34N4O3S/c27-34(32,33)21-5-3-4-19(16-21)17-28-26(31)29-20-10-8-18(9-11-20)14-15-30-24-12-13-25(30)23-7-2-1-6-22(23)24/h1-7,16,18,20,24-25H,8-15,17H2,(H2,27,32,33)(H2,28,29,31). The number of rotatable bonds is 7. The maximum atomic E-state index is 12.4. The Kier molecular flexibility index (Phi) is 6.64. The number of nitrogens with one attached hydrogen (secondary N) is 2. The second kappa shape index (κ2) is 9.68. The zero-order valence-electron chi connectivity index (χ0n) is 19.4. The first-order valence-corrected chi connectivity index (χ1v) is 13.9. The van der Waals surface area contributed by atoms with E-state index in [2.05, 4.69) is 39.8 Å². The zero-order chi connectivity index (χ0) is 23.7. The van der Waals surface area contributed by atoms with Gasteiger partial charge in [-0.25, -0.2) is 18.4 Å². The molecule has 0 spiro atoms. The molecule has 0 aromatic heterocycles. The van der Waals surface area contributed by atoms with E-state index in [9.17, 15) is 13.2 Å². The Bertz CT molecular complexity index is 1110. The molecular formula is C26H34N4O3S. The molecule has 2 unspecified atom stereocenters. The lowest BCUT2D eigenvalue weighted by molar-refractivity contribution is 0.185. The normalized spacial score (nSPS) is 26.3. The minimum atomic E-state index is -3.75. The average molecular weight is 483 g/mol. The Morgan fingerprint density at radius 2 is 1.62 bits per heavy atom. The predicted molar refractivity (Wildman–Crippen MR) is 131 cm³/mol. The zero-order valence-corrected chi connectivity index (χ0v) is 20.3. The molecule has 34 heavy (non-hydrogen) atoms. The van der Waals surface area contributed by atoms with E-state index in [-0.39, 0.29) is 23.5 Å². The lowest BCUT2D eigenvalue weighted by atomic mass is 9.84. The van der Waals surface area contributed by atoms with E-state index in [1.807, 2.05) is 0 Å². The van der Waals surface area contributed by atoms with Gasteiger partial charge in [0, 0.05) is 24.7 Å². The van der Waals surface area contributed by atoms with Crippen molar-refractivity contribution in [2.75, 3.05) is 6.54 Å². The molecule has 2 fully saturated rings. The highest BCUT2D eigenvalue weighted by molar-refractivity contribution is 7.89. The maximum Gasteiger partial charge on any atom is 0.315 e. The second-order valence-corrected chi connectivity index (χ2v) is 11.6. The third-order valence-electron chi connectivity index (χ3n) is 7.89. The van der Waals surface area contributed by atoms with E-state index >= 15 is 0 Å².